The maximum absolute atomic E-state index is 12.3. The van der Waals surface area contributed by atoms with Gasteiger partial charge < -0.3 is 15.5 Å². The van der Waals surface area contributed by atoms with Crippen LogP contribution in [0.2, 0.25) is 0 Å². The maximum atomic E-state index is 12.3. The summed E-state index contributed by atoms with van der Waals surface area (Å²) in [6.45, 7) is 0.950. The van der Waals surface area contributed by atoms with Crippen molar-refractivity contribution >= 4 is 23.0 Å². The third-order valence-corrected chi connectivity index (χ3v) is 3.70. The second-order valence-electron chi connectivity index (χ2n) is 5.45. The second-order valence-corrected chi connectivity index (χ2v) is 5.45. The molecule has 108 valence electrons. The van der Waals surface area contributed by atoms with Crippen molar-refractivity contribution in [2.45, 2.75) is 6.42 Å². The van der Waals surface area contributed by atoms with Gasteiger partial charge in [-0.2, -0.15) is 0 Å². The monoisotopic (exact) mass is 281 g/mol. The Hall–Kier alpha value is -2.49. The molecule has 2 aromatic carbocycles. The first kappa shape index (κ1) is 13.5. The number of fused-ring (bicyclic) bond motifs is 1. The van der Waals surface area contributed by atoms with Gasteiger partial charge in [0.2, 0.25) is 0 Å². The molecule has 1 aliphatic heterocycles. The fourth-order valence-electron chi connectivity index (χ4n) is 2.51. The molecule has 2 N–H and O–H groups in total. The highest BCUT2D eigenvalue weighted by atomic mass is 16.1. The molecule has 0 spiro atoms. The first-order valence-corrected chi connectivity index (χ1v) is 7.09. The molecule has 0 aliphatic carbocycles. The number of nitrogens with one attached hydrogen (secondary N) is 2. The van der Waals surface area contributed by atoms with Crippen LogP contribution in [0.1, 0.15) is 15.9 Å². The van der Waals surface area contributed by atoms with Crippen molar-refractivity contribution in [3.63, 3.8) is 0 Å². The van der Waals surface area contributed by atoms with Gasteiger partial charge in [-0.15, -0.1) is 0 Å². The summed E-state index contributed by atoms with van der Waals surface area (Å²) in [6, 6.07) is 13.6. The van der Waals surface area contributed by atoms with E-state index in [9.17, 15) is 4.79 Å². The topological polar surface area (TPSA) is 44.4 Å². The van der Waals surface area contributed by atoms with E-state index in [4.69, 9.17) is 0 Å². The number of carbonyl (C=O) groups excluding carboxylic acids is 1. The molecule has 1 aliphatic rings. The van der Waals surface area contributed by atoms with Crippen LogP contribution in [0.25, 0.3) is 0 Å². The molecule has 4 heteroatoms. The maximum Gasteiger partial charge on any atom is 0.255 e. The molecule has 0 aromatic heterocycles. The molecule has 1 heterocycles. The average molecular weight is 281 g/mol. The molecule has 0 unspecified atom stereocenters. The molecule has 21 heavy (non-hydrogen) atoms. The zero-order chi connectivity index (χ0) is 14.8. The predicted molar refractivity (Wildman–Crippen MR) is 87.4 cm³/mol. The van der Waals surface area contributed by atoms with Gasteiger partial charge in [0.15, 0.2) is 0 Å². The fraction of sp³-hybridized carbons (Fsp3) is 0.235. The molecular weight excluding hydrogens is 262 g/mol. The summed E-state index contributed by atoms with van der Waals surface area (Å²) in [5.74, 6) is -0.0689. The summed E-state index contributed by atoms with van der Waals surface area (Å²) >= 11 is 0. The molecule has 0 radical (unpaired) electrons. The highest BCUT2D eigenvalue weighted by Crippen LogP contribution is 2.24. The van der Waals surface area contributed by atoms with Crippen molar-refractivity contribution in [2.75, 3.05) is 36.2 Å². The largest absolute Gasteiger partial charge is 0.384 e. The quantitative estimate of drug-likeness (QED) is 0.909. The lowest BCUT2D eigenvalue weighted by Gasteiger charge is -2.14. The number of amides is 1. The van der Waals surface area contributed by atoms with Gasteiger partial charge in [-0.25, -0.2) is 0 Å². The van der Waals surface area contributed by atoms with Gasteiger partial charge in [0.1, 0.15) is 0 Å². The van der Waals surface area contributed by atoms with E-state index in [0.717, 1.165) is 30.0 Å². The number of rotatable bonds is 3. The summed E-state index contributed by atoms with van der Waals surface area (Å²) in [5.41, 5.74) is 4.93. The lowest BCUT2D eigenvalue weighted by Crippen LogP contribution is -2.13. The first-order chi connectivity index (χ1) is 10.1. The third-order valence-electron chi connectivity index (χ3n) is 3.70. The molecular formula is C17H19N3O. The Morgan fingerprint density at radius 3 is 2.86 bits per heavy atom. The van der Waals surface area contributed by atoms with E-state index in [2.05, 4.69) is 10.6 Å². The minimum atomic E-state index is -0.0689. The molecule has 0 saturated carbocycles. The van der Waals surface area contributed by atoms with Gasteiger partial charge in [0.25, 0.3) is 5.91 Å². The molecule has 3 rings (SSSR count). The van der Waals surface area contributed by atoms with Crippen molar-refractivity contribution in [1.82, 2.24) is 0 Å². The molecule has 0 fully saturated rings. The van der Waals surface area contributed by atoms with Crippen molar-refractivity contribution < 1.29 is 4.79 Å². The van der Waals surface area contributed by atoms with Crippen LogP contribution in [0.5, 0.6) is 0 Å². The zero-order valence-corrected chi connectivity index (χ0v) is 12.3. The van der Waals surface area contributed by atoms with Crippen LogP contribution in [0, 0.1) is 0 Å². The predicted octanol–water partition coefficient (Wildman–Crippen LogP) is 2.97. The van der Waals surface area contributed by atoms with Gasteiger partial charge in [-0.05, 0) is 48.4 Å². The second kappa shape index (κ2) is 5.48. The molecule has 1 amide bonds. The van der Waals surface area contributed by atoms with Gasteiger partial charge in [0.05, 0.1) is 0 Å². The van der Waals surface area contributed by atoms with E-state index >= 15 is 0 Å². The first-order valence-electron chi connectivity index (χ1n) is 7.09. The van der Waals surface area contributed by atoms with E-state index in [1.165, 1.54) is 5.56 Å². The van der Waals surface area contributed by atoms with Crippen LogP contribution in [-0.2, 0) is 6.42 Å². The molecule has 0 bridgehead atoms. The van der Waals surface area contributed by atoms with E-state index in [-0.39, 0.29) is 5.91 Å². The van der Waals surface area contributed by atoms with Crippen LogP contribution in [-0.4, -0.2) is 26.5 Å². The Kier molecular flexibility index (Phi) is 3.52. The standard InChI is InChI=1S/C17H19N3O/c1-20(2)15-5-3-4-14(11-15)19-17(21)13-6-7-16-12(10-13)8-9-18-16/h3-7,10-11,18H,8-9H2,1-2H3,(H,19,21). The van der Waals surface area contributed by atoms with Gasteiger partial charge in [-0.1, -0.05) is 6.07 Å². The number of anilines is 3. The minimum Gasteiger partial charge on any atom is -0.384 e. The van der Waals surface area contributed by atoms with Crippen molar-refractivity contribution in [2.24, 2.45) is 0 Å². The van der Waals surface area contributed by atoms with Crippen LogP contribution >= 0.6 is 0 Å². The summed E-state index contributed by atoms with van der Waals surface area (Å²) < 4.78 is 0. The van der Waals surface area contributed by atoms with Crippen molar-refractivity contribution in [3.8, 4) is 0 Å². The summed E-state index contributed by atoms with van der Waals surface area (Å²) in [4.78, 5) is 14.4. The highest BCUT2D eigenvalue weighted by Gasteiger charge is 2.13. The summed E-state index contributed by atoms with van der Waals surface area (Å²) in [5, 5.41) is 6.26. The zero-order valence-electron chi connectivity index (χ0n) is 12.3. The minimum absolute atomic E-state index is 0.0689. The Labute approximate surface area is 124 Å². The lowest BCUT2D eigenvalue weighted by molar-refractivity contribution is 0.102. The number of hydrogen-bond acceptors (Lipinski definition) is 3. The number of nitrogens with zero attached hydrogens (tertiary/aromatic N) is 1. The molecule has 0 saturated heterocycles. The van der Waals surface area contributed by atoms with E-state index in [0.29, 0.717) is 5.56 Å². The highest BCUT2D eigenvalue weighted by molar-refractivity contribution is 6.04. The van der Waals surface area contributed by atoms with E-state index < -0.39 is 0 Å². The molecule has 0 atom stereocenters. The molecule has 2 aromatic rings. The summed E-state index contributed by atoms with van der Waals surface area (Å²) in [7, 11) is 3.96. The Morgan fingerprint density at radius 2 is 2.05 bits per heavy atom. The summed E-state index contributed by atoms with van der Waals surface area (Å²) in [6.07, 6.45) is 0.979. The van der Waals surface area contributed by atoms with Gasteiger partial charge >= 0.3 is 0 Å². The Balaban J connectivity index is 1.78. The van der Waals surface area contributed by atoms with Crippen LogP contribution in [0.15, 0.2) is 42.5 Å². The average Bonchev–Trinajstić information content (AvgIpc) is 2.94. The van der Waals surface area contributed by atoms with E-state index in [1.807, 2.05) is 61.5 Å². The van der Waals surface area contributed by atoms with Gasteiger partial charge in [-0.3, -0.25) is 4.79 Å². The van der Waals surface area contributed by atoms with Crippen LogP contribution < -0.4 is 15.5 Å². The SMILES string of the molecule is CN(C)c1cccc(NC(=O)c2ccc3c(c2)CCN3)c1. The molecule has 4 nitrogen and oxygen atoms in total. The van der Waals surface area contributed by atoms with Crippen LogP contribution in [0.3, 0.4) is 0 Å². The Morgan fingerprint density at radius 1 is 1.19 bits per heavy atom. The van der Waals surface area contributed by atoms with Crippen molar-refractivity contribution in [1.29, 1.82) is 0 Å². The normalized spacial score (nSPS) is 12.5. The lowest BCUT2D eigenvalue weighted by atomic mass is 10.1. The number of benzene rings is 2. The third kappa shape index (κ3) is 2.84. The fourth-order valence-corrected chi connectivity index (χ4v) is 2.51. The van der Waals surface area contributed by atoms with Gasteiger partial charge in [0, 0.05) is 43.3 Å². The number of carbonyl (C=O) groups is 1. The Bertz CT molecular complexity index is 679. The number of hydrogen-bond donors (Lipinski definition) is 2. The smallest absolute Gasteiger partial charge is 0.255 e. The van der Waals surface area contributed by atoms with Crippen LogP contribution in [0.4, 0.5) is 17.1 Å². The van der Waals surface area contributed by atoms with Crippen molar-refractivity contribution in [3.05, 3.63) is 53.6 Å². The van der Waals surface area contributed by atoms with E-state index in [1.54, 1.807) is 0 Å².